The largest absolute Gasteiger partial charge is 0.416 e. The van der Waals surface area contributed by atoms with E-state index in [-0.39, 0.29) is 14.1 Å². The lowest BCUT2D eigenvalue weighted by molar-refractivity contribution is -0.137. The Kier molecular flexibility index (Phi) is 4.97. The molecule has 27 heavy (non-hydrogen) atoms. The predicted molar refractivity (Wildman–Crippen MR) is 97.2 cm³/mol. The highest BCUT2D eigenvalue weighted by Crippen LogP contribution is 2.33. The topological polar surface area (TPSA) is 93.8 Å². The Hall–Kier alpha value is -2.80. The monoisotopic (exact) mass is 393 g/mol. The fourth-order valence-electron chi connectivity index (χ4n) is 2.68. The van der Waals surface area contributed by atoms with E-state index in [4.69, 9.17) is 5.73 Å². The van der Waals surface area contributed by atoms with Crippen molar-refractivity contribution in [3.05, 3.63) is 47.4 Å². The maximum absolute atomic E-state index is 13.0. The van der Waals surface area contributed by atoms with E-state index in [9.17, 15) is 17.7 Å². The van der Waals surface area contributed by atoms with Crippen LogP contribution in [0.15, 0.2) is 30.5 Å². The van der Waals surface area contributed by atoms with Gasteiger partial charge >= 0.3 is 6.18 Å². The second-order valence-corrected chi connectivity index (χ2v) is 6.66. The molecule has 0 spiro atoms. The first-order valence-electron chi connectivity index (χ1n) is 7.89. The minimum atomic E-state index is -4.49. The normalized spacial score (nSPS) is 13.1. The van der Waals surface area contributed by atoms with E-state index in [0.717, 1.165) is 12.1 Å². The minimum absolute atomic E-state index is 0.0221. The molecule has 3 rings (SSSR count). The van der Waals surface area contributed by atoms with Gasteiger partial charge in [0.05, 0.1) is 23.3 Å². The average Bonchev–Trinajstić information content (AvgIpc) is 2.60. The van der Waals surface area contributed by atoms with Gasteiger partial charge in [0.1, 0.15) is 17.1 Å². The van der Waals surface area contributed by atoms with Crippen LogP contribution < -0.4 is 16.5 Å². The van der Waals surface area contributed by atoms with Crippen molar-refractivity contribution in [3.63, 3.8) is 0 Å². The number of pyridine rings is 1. The first-order chi connectivity index (χ1) is 12.7. The van der Waals surface area contributed by atoms with Crippen LogP contribution in [0.5, 0.6) is 0 Å². The number of benzene rings is 1. The summed E-state index contributed by atoms with van der Waals surface area (Å²) in [5.74, 6) is 0.878. The number of hydrogen-bond donors (Lipinski definition) is 2. The number of nitrogens with two attached hydrogens (primary N) is 1. The van der Waals surface area contributed by atoms with Crippen LogP contribution in [0.3, 0.4) is 0 Å². The summed E-state index contributed by atoms with van der Waals surface area (Å²) >= 11 is 0. The Morgan fingerprint density at radius 3 is 2.59 bits per heavy atom. The number of hydrogen-bond acceptors (Lipinski definition) is 6. The van der Waals surface area contributed by atoms with E-state index >= 15 is 0 Å². The number of anilines is 2. The van der Waals surface area contributed by atoms with Crippen molar-refractivity contribution in [2.75, 3.05) is 11.1 Å². The zero-order valence-corrected chi connectivity index (χ0v) is 15.3. The van der Waals surface area contributed by atoms with Gasteiger partial charge < -0.3 is 11.1 Å². The second kappa shape index (κ2) is 7.08. The molecule has 1 aromatic carbocycles. The molecule has 0 aliphatic heterocycles. The SMILES string of the molecule is Cc1nc(N[C@H](C)c2cc(N)cc(C(F)(F)F)c2)c2cc(P=O)ncc2n1. The molecule has 10 heteroatoms. The summed E-state index contributed by atoms with van der Waals surface area (Å²) in [6.07, 6.45) is -3.02. The van der Waals surface area contributed by atoms with Crippen molar-refractivity contribution < 1.29 is 17.7 Å². The molecule has 1 atom stereocenters. The Morgan fingerprint density at radius 1 is 1.19 bits per heavy atom. The number of rotatable bonds is 4. The maximum atomic E-state index is 13.0. The first kappa shape index (κ1) is 19.0. The van der Waals surface area contributed by atoms with Crippen LogP contribution in [0.1, 0.15) is 29.9 Å². The zero-order chi connectivity index (χ0) is 19.8. The van der Waals surface area contributed by atoms with Crippen molar-refractivity contribution in [3.8, 4) is 0 Å². The molecule has 2 aromatic heterocycles. The lowest BCUT2D eigenvalue weighted by atomic mass is 10.0. The molecule has 140 valence electrons. The molecule has 3 aromatic rings. The summed E-state index contributed by atoms with van der Waals surface area (Å²) in [5.41, 5.74) is 6.05. The zero-order valence-electron chi connectivity index (χ0n) is 14.4. The van der Waals surface area contributed by atoms with Gasteiger partial charge in [-0.1, -0.05) is 0 Å². The Balaban J connectivity index is 2.02. The molecule has 0 saturated carbocycles. The first-order valence-corrected chi connectivity index (χ1v) is 8.70. The minimum Gasteiger partial charge on any atom is -0.399 e. The second-order valence-electron chi connectivity index (χ2n) is 6.02. The quantitative estimate of drug-likeness (QED) is 0.514. The number of halogens is 3. The third-order valence-corrected chi connectivity index (χ3v) is 4.36. The number of aromatic nitrogens is 3. The van der Waals surface area contributed by atoms with Gasteiger partial charge in [0, 0.05) is 11.1 Å². The lowest BCUT2D eigenvalue weighted by Gasteiger charge is -2.19. The molecule has 0 radical (unpaired) electrons. The molecule has 0 bridgehead atoms. The summed E-state index contributed by atoms with van der Waals surface area (Å²) in [6.45, 7) is 3.39. The third kappa shape index (κ3) is 4.14. The molecule has 0 aliphatic carbocycles. The third-order valence-electron chi connectivity index (χ3n) is 3.93. The molecular weight excluding hydrogens is 378 g/mol. The number of nitrogens with zero attached hydrogens (tertiary/aromatic N) is 3. The molecule has 0 saturated heterocycles. The van der Waals surface area contributed by atoms with E-state index < -0.39 is 17.8 Å². The number of nitrogens with one attached hydrogen (secondary N) is 1. The maximum Gasteiger partial charge on any atom is 0.416 e. The van der Waals surface area contributed by atoms with Crippen LogP contribution in [0.25, 0.3) is 10.9 Å². The fraction of sp³-hybridized carbons (Fsp3) is 0.235. The molecular formula is C17H15F3N5OP. The average molecular weight is 393 g/mol. The van der Waals surface area contributed by atoms with E-state index in [1.54, 1.807) is 19.9 Å². The van der Waals surface area contributed by atoms with Gasteiger partial charge in [-0.2, -0.15) is 13.2 Å². The number of aryl methyl sites for hydroxylation is 1. The van der Waals surface area contributed by atoms with Crippen molar-refractivity contribution >= 4 is 36.3 Å². The molecule has 0 aliphatic rings. The van der Waals surface area contributed by atoms with E-state index in [1.165, 1.54) is 12.3 Å². The number of alkyl halides is 3. The van der Waals surface area contributed by atoms with Crippen LogP contribution in [-0.4, -0.2) is 15.0 Å². The summed E-state index contributed by atoms with van der Waals surface area (Å²) in [7, 11) is -0.254. The molecule has 6 nitrogen and oxygen atoms in total. The van der Waals surface area contributed by atoms with Crippen LogP contribution in [-0.2, 0) is 10.7 Å². The summed E-state index contributed by atoms with van der Waals surface area (Å²) in [6, 6.07) is 4.47. The van der Waals surface area contributed by atoms with Crippen molar-refractivity contribution in [2.45, 2.75) is 26.1 Å². The predicted octanol–water partition coefficient (Wildman–Crippen LogP) is 4.02. The fourth-order valence-corrected chi connectivity index (χ4v) is 2.96. The molecule has 0 amide bonds. The van der Waals surface area contributed by atoms with E-state index in [1.807, 2.05) is 0 Å². The summed E-state index contributed by atoms with van der Waals surface area (Å²) in [5, 5.41) is 3.66. The van der Waals surface area contributed by atoms with Gasteiger partial charge in [-0.05, 0) is 43.7 Å². The van der Waals surface area contributed by atoms with Crippen LogP contribution in [0.4, 0.5) is 24.7 Å². The van der Waals surface area contributed by atoms with Gasteiger partial charge in [-0.25, -0.2) is 15.0 Å². The molecule has 3 N–H and O–H groups in total. The number of nitrogen functional groups attached to an aromatic ring is 1. The standard InChI is InChI=1S/C17H15F3N5OP/c1-8(10-3-11(17(18,19)20)5-12(21)4-10)23-16-13-6-15(27-26)22-7-14(13)24-9(2)25-16/h3-8H,21H2,1-2H3,(H,23,24,25)/t8-/m1/s1. The highest BCUT2D eigenvalue weighted by molar-refractivity contribution is 7.33. The van der Waals surface area contributed by atoms with E-state index in [2.05, 4.69) is 20.3 Å². The van der Waals surface area contributed by atoms with Gasteiger partial charge in [0.25, 0.3) is 0 Å². The van der Waals surface area contributed by atoms with Crippen molar-refractivity contribution in [1.82, 2.24) is 15.0 Å². The van der Waals surface area contributed by atoms with Gasteiger partial charge in [0.15, 0.2) is 0 Å². The van der Waals surface area contributed by atoms with Crippen LogP contribution in [0, 0.1) is 6.92 Å². The lowest BCUT2D eigenvalue weighted by Crippen LogP contribution is -2.13. The smallest absolute Gasteiger partial charge is 0.399 e. The van der Waals surface area contributed by atoms with Gasteiger partial charge in [0.2, 0.25) is 8.46 Å². The molecule has 0 unspecified atom stereocenters. The van der Waals surface area contributed by atoms with Gasteiger partial charge in [-0.15, -0.1) is 0 Å². The van der Waals surface area contributed by atoms with Gasteiger partial charge in [-0.3, -0.25) is 4.57 Å². The highest BCUT2D eigenvalue weighted by atomic mass is 31.1. The molecule has 0 fully saturated rings. The van der Waals surface area contributed by atoms with Crippen molar-refractivity contribution in [2.24, 2.45) is 0 Å². The summed E-state index contributed by atoms with van der Waals surface area (Å²) in [4.78, 5) is 12.6. The molecule has 2 heterocycles. The van der Waals surface area contributed by atoms with E-state index in [0.29, 0.717) is 33.5 Å². The van der Waals surface area contributed by atoms with Crippen LogP contribution >= 0.6 is 8.46 Å². The van der Waals surface area contributed by atoms with Crippen molar-refractivity contribution in [1.29, 1.82) is 0 Å². The highest BCUT2D eigenvalue weighted by Gasteiger charge is 2.31. The Bertz CT molecular complexity index is 1030. The summed E-state index contributed by atoms with van der Waals surface area (Å²) < 4.78 is 50.2. The number of fused-ring (bicyclic) bond motifs is 1. The Morgan fingerprint density at radius 2 is 1.93 bits per heavy atom. The van der Waals surface area contributed by atoms with Crippen LogP contribution in [0.2, 0.25) is 0 Å². The Labute approximate surface area is 154 Å².